The Hall–Kier alpha value is -3.94. The summed E-state index contributed by atoms with van der Waals surface area (Å²) in [5.41, 5.74) is 4.89. The van der Waals surface area contributed by atoms with Crippen LogP contribution in [0.15, 0.2) is 42.9 Å². The quantitative estimate of drug-likeness (QED) is 0.272. The van der Waals surface area contributed by atoms with Crippen LogP contribution in [0.25, 0.3) is 11.0 Å². The van der Waals surface area contributed by atoms with Crippen LogP contribution in [-0.2, 0) is 10.0 Å². The van der Waals surface area contributed by atoms with Crippen LogP contribution < -0.4 is 24.6 Å². The van der Waals surface area contributed by atoms with Crippen LogP contribution in [-0.4, -0.2) is 85.9 Å². The van der Waals surface area contributed by atoms with Gasteiger partial charge in [-0.15, -0.1) is 0 Å². The molecule has 3 heterocycles. The lowest BCUT2D eigenvalue weighted by molar-refractivity contribution is 0.312. The van der Waals surface area contributed by atoms with Crippen LogP contribution in [0.2, 0.25) is 5.02 Å². The number of hydrogen-bond acceptors (Lipinski definition) is 11. The molecule has 2 aromatic carbocycles. The van der Waals surface area contributed by atoms with E-state index in [9.17, 15) is 8.42 Å². The Labute approximate surface area is 256 Å². The van der Waals surface area contributed by atoms with Gasteiger partial charge in [-0.2, -0.15) is 4.98 Å². The van der Waals surface area contributed by atoms with E-state index in [2.05, 4.69) is 54.3 Å². The average molecular weight is 624 g/mol. The van der Waals surface area contributed by atoms with Crippen molar-refractivity contribution in [1.82, 2.24) is 24.8 Å². The Kier molecular flexibility index (Phi) is 7.88. The molecule has 12 nitrogen and oxygen atoms in total. The fourth-order valence-electron chi connectivity index (χ4n) is 5.37. The number of methoxy groups -OCH3 is 1. The molecule has 2 aliphatic rings. The monoisotopic (exact) mass is 623 g/mol. The number of sulfonamides is 1. The number of anilines is 6. The fraction of sp³-hybridized carbons (Fsp3) is 0.379. The van der Waals surface area contributed by atoms with Gasteiger partial charge in [-0.25, -0.2) is 13.4 Å². The second-order valence-electron chi connectivity index (χ2n) is 10.9. The first kappa shape index (κ1) is 29.1. The molecule has 0 spiro atoms. The van der Waals surface area contributed by atoms with E-state index in [0.29, 0.717) is 45.6 Å². The van der Waals surface area contributed by atoms with Gasteiger partial charge in [0.15, 0.2) is 5.82 Å². The molecule has 1 saturated heterocycles. The summed E-state index contributed by atoms with van der Waals surface area (Å²) in [6.45, 7) is 5.98. The number of nitrogens with zero attached hydrogens (tertiary/aromatic N) is 7. The molecule has 14 heteroatoms. The normalized spacial score (nSPS) is 15.9. The van der Waals surface area contributed by atoms with Crippen LogP contribution in [0.3, 0.4) is 0 Å². The summed E-state index contributed by atoms with van der Waals surface area (Å²) in [4.78, 5) is 22.6. The lowest BCUT2D eigenvalue weighted by Gasteiger charge is -2.35. The third-order valence-corrected chi connectivity index (χ3v) is 9.15. The predicted molar refractivity (Wildman–Crippen MR) is 171 cm³/mol. The highest BCUT2D eigenvalue weighted by Gasteiger charge is 2.38. The van der Waals surface area contributed by atoms with Gasteiger partial charge >= 0.3 is 0 Å². The summed E-state index contributed by atoms with van der Waals surface area (Å²) < 4.78 is 33.1. The number of halogens is 1. The van der Waals surface area contributed by atoms with Crippen molar-refractivity contribution >= 4 is 67.2 Å². The molecule has 0 bridgehead atoms. The number of aryl methyl sites for hydroxylation is 1. The average Bonchev–Trinajstić information content (AvgIpc) is 3.81. The van der Waals surface area contributed by atoms with Crippen molar-refractivity contribution in [2.45, 2.75) is 25.8 Å². The van der Waals surface area contributed by atoms with Gasteiger partial charge in [0.2, 0.25) is 16.0 Å². The van der Waals surface area contributed by atoms with Gasteiger partial charge < -0.3 is 25.2 Å². The molecule has 0 radical (unpaired) electrons. The molecule has 226 valence electrons. The van der Waals surface area contributed by atoms with E-state index >= 15 is 0 Å². The molecule has 2 fully saturated rings. The molecule has 43 heavy (non-hydrogen) atoms. The molecule has 4 aromatic rings. The van der Waals surface area contributed by atoms with Crippen molar-refractivity contribution in [2.75, 3.05) is 66.4 Å². The number of hydrogen-bond donors (Lipinski definition) is 2. The third kappa shape index (κ3) is 6.10. The fourth-order valence-corrected chi connectivity index (χ4v) is 6.78. The molecule has 0 atom stereocenters. The Balaban J connectivity index is 1.34. The predicted octanol–water partition coefficient (Wildman–Crippen LogP) is 4.56. The number of piperazine rings is 1. The lowest BCUT2D eigenvalue weighted by atomic mass is 10.1. The summed E-state index contributed by atoms with van der Waals surface area (Å²) in [5, 5.41) is 6.79. The van der Waals surface area contributed by atoms with E-state index in [0.717, 1.165) is 50.3 Å². The summed E-state index contributed by atoms with van der Waals surface area (Å²) in [5.74, 6) is 1.26. The maximum absolute atomic E-state index is 13.0. The first-order valence-corrected chi connectivity index (χ1v) is 16.3. The number of benzene rings is 2. The third-order valence-electron chi connectivity index (χ3n) is 7.68. The number of fused-ring (bicyclic) bond motifs is 1. The van der Waals surface area contributed by atoms with Gasteiger partial charge in [-0.3, -0.25) is 14.3 Å². The molecule has 1 aliphatic carbocycles. The SMILES string of the molecule is COc1cc(N2CCN(C)CC2)c(C)cc1Nc1ncc(Cl)c(Nc2ccc3nccnc3c2N(C2CC2)S(C)(=O)=O)n1. The van der Waals surface area contributed by atoms with Gasteiger partial charge in [0.1, 0.15) is 22.0 Å². The van der Waals surface area contributed by atoms with Crippen LogP contribution in [0.5, 0.6) is 5.75 Å². The minimum Gasteiger partial charge on any atom is -0.494 e. The minimum atomic E-state index is -3.62. The molecular weight excluding hydrogens is 590 g/mol. The summed E-state index contributed by atoms with van der Waals surface area (Å²) >= 11 is 6.56. The van der Waals surface area contributed by atoms with Crippen LogP contribution in [0.4, 0.5) is 34.5 Å². The zero-order valence-electron chi connectivity index (χ0n) is 24.5. The van der Waals surface area contributed by atoms with E-state index in [-0.39, 0.29) is 11.1 Å². The molecule has 2 aromatic heterocycles. The van der Waals surface area contributed by atoms with Gasteiger partial charge in [0.25, 0.3) is 0 Å². The van der Waals surface area contributed by atoms with E-state index in [1.54, 1.807) is 31.6 Å². The molecule has 6 rings (SSSR count). The van der Waals surface area contributed by atoms with E-state index in [1.807, 2.05) is 12.1 Å². The maximum atomic E-state index is 13.0. The number of aromatic nitrogens is 4. The Morgan fingerprint density at radius 2 is 1.77 bits per heavy atom. The van der Waals surface area contributed by atoms with Gasteiger partial charge in [0.05, 0.1) is 36.5 Å². The molecule has 1 aliphatic heterocycles. The summed E-state index contributed by atoms with van der Waals surface area (Å²) in [6.07, 6.45) is 7.35. The first-order chi connectivity index (χ1) is 20.6. The van der Waals surface area contributed by atoms with Crippen LogP contribution >= 0.6 is 11.6 Å². The second kappa shape index (κ2) is 11.6. The molecule has 1 saturated carbocycles. The highest BCUT2D eigenvalue weighted by Crippen LogP contribution is 2.43. The van der Waals surface area contributed by atoms with Gasteiger partial charge in [-0.05, 0) is 50.6 Å². The Morgan fingerprint density at radius 3 is 2.47 bits per heavy atom. The molecular formula is C29H34ClN9O3S. The largest absolute Gasteiger partial charge is 0.494 e. The van der Waals surface area contributed by atoms with Crippen molar-refractivity contribution in [1.29, 1.82) is 0 Å². The van der Waals surface area contributed by atoms with E-state index in [4.69, 9.17) is 16.3 Å². The second-order valence-corrected chi connectivity index (χ2v) is 13.2. The standard InChI is InChI=1S/C29H34ClN9O3S/c1-18-15-23(25(42-3)16-24(18)38-13-11-37(2)12-14-38)35-29-33-17-20(30)28(36-29)34-22-8-7-21-26(32-10-9-31-21)27(22)39(19-5-6-19)43(4,40)41/h7-10,15-17,19H,5-6,11-14H2,1-4H3,(H2,33,34,35,36). The van der Waals surface area contributed by atoms with Crippen LogP contribution in [0.1, 0.15) is 18.4 Å². The van der Waals surface area contributed by atoms with E-state index < -0.39 is 10.0 Å². The maximum Gasteiger partial charge on any atom is 0.232 e. The Morgan fingerprint density at radius 1 is 1.02 bits per heavy atom. The highest BCUT2D eigenvalue weighted by molar-refractivity contribution is 7.92. The zero-order valence-corrected chi connectivity index (χ0v) is 26.1. The molecule has 0 amide bonds. The first-order valence-electron chi connectivity index (χ1n) is 14.0. The number of nitrogens with one attached hydrogen (secondary N) is 2. The highest BCUT2D eigenvalue weighted by atomic mass is 35.5. The zero-order chi connectivity index (χ0) is 30.3. The summed E-state index contributed by atoms with van der Waals surface area (Å²) in [6, 6.07) is 7.47. The number of ether oxygens (including phenoxy) is 1. The van der Waals surface area contributed by atoms with Crippen molar-refractivity contribution in [3.05, 3.63) is 53.4 Å². The Bertz CT molecular complexity index is 1780. The minimum absolute atomic E-state index is 0.147. The van der Waals surface area contributed by atoms with Crippen molar-refractivity contribution in [3.8, 4) is 5.75 Å². The van der Waals surface area contributed by atoms with Crippen LogP contribution in [0, 0.1) is 6.92 Å². The van der Waals surface area contributed by atoms with Gasteiger partial charge in [-0.1, -0.05) is 11.6 Å². The van der Waals surface area contributed by atoms with Crippen molar-refractivity contribution in [2.24, 2.45) is 0 Å². The number of rotatable bonds is 9. The van der Waals surface area contributed by atoms with Crippen molar-refractivity contribution < 1.29 is 13.2 Å². The van der Waals surface area contributed by atoms with Gasteiger partial charge in [0, 0.05) is 56.4 Å². The smallest absolute Gasteiger partial charge is 0.232 e. The van der Waals surface area contributed by atoms with Crippen molar-refractivity contribution in [3.63, 3.8) is 0 Å². The lowest BCUT2D eigenvalue weighted by Crippen LogP contribution is -2.44. The topological polar surface area (TPSA) is 129 Å². The molecule has 0 unspecified atom stereocenters. The number of likely N-dealkylation sites (N-methyl/N-ethyl adjacent to an activating group) is 1. The van der Waals surface area contributed by atoms with E-state index in [1.165, 1.54) is 16.8 Å². The summed E-state index contributed by atoms with van der Waals surface area (Å²) in [7, 11) is 0.153. The molecule has 2 N–H and O–H groups in total.